The van der Waals surface area contributed by atoms with Gasteiger partial charge in [0.15, 0.2) is 0 Å². The predicted octanol–water partition coefficient (Wildman–Crippen LogP) is 1.89. The lowest BCUT2D eigenvalue weighted by molar-refractivity contribution is 0.760. The van der Waals surface area contributed by atoms with Crippen molar-refractivity contribution in [1.29, 1.82) is 0 Å². The quantitative estimate of drug-likeness (QED) is 0.695. The average molecular weight is 175 g/mol. The Morgan fingerprint density at radius 3 is 2.85 bits per heavy atom. The molecule has 0 saturated heterocycles. The third-order valence-electron chi connectivity index (χ3n) is 2.16. The largest absolute Gasteiger partial charge is 0.341 e. The lowest BCUT2D eigenvalue weighted by atomic mass is 10.2. The first-order valence-corrected chi connectivity index (χ1v) is 4.39. The molecule has 0 aliphatic rings. The number of nitrogens with one attached hydrogen (secondary N) is 1. The van der Waals surface area contributed by atoms with Crippen molar-refractivity contribution >= 4 is 11.0 Å². The number of benzene rings is 1. The number of nitrogens with two attached hydrogens (primary N) is 1. The maximum Gasteiger partial charge on any atom is 0.123 e. The van der Waals surface area contributed by atoms with Gasteiger partial charge in [0.05, 0.1) is 17.1 Å². The Labute approximate surface area is 77.0 Å². The van der Waals surface area contributed by atoms with Crippen LogP contribution in [0.1, 0.15) is 24.4 Å². The molecule has 0 radical (unpaired) electrons. The zero-order valence-corrected chi connectivity index (χ0v) is 7.83. The first kappa shape index (κ1) is 8.26. The number of aryl methyl sites for hydroxylation is 1. The summed E-state index contributed by atoms with van der Waals surface area (Å²) in [5.74, 6) is 0.851. The standard InChI is InChI=1S/C10H13N3/c1-6-4-3-5-8-9(6)13-10(12-8)7(2)11/h3-5,7H,11H2,1-2H3,(H,12,13)/t7-/m1/s1. The molecule has 0 fully saturated rings. The number of H-pyrrole nitrogens is 1. The summed E-state index contributed by atoms with van der Waals surface area (Å²) >= 11 is 0. The summed E-state index contributed by atoms with van der Waals surface area (Å²) in [7, 11) is 0. The van der Waals surface area contributed by atoms with Gasteiger partial charge < -0.3 is 10.7 Å². The van der Waals surface area contributed by atoms with E-state index < -0.39 is 0 Å². The van der Waals surface area contributed by atoms with Gasteiger partial charge in [0.2, 0.25) is 0 Å². The molecule has 0 saturated carbocycles. The second-order valence-corrected chi connectivity index (χ2v) is 3.38. The lowest BCUT2D eigenvalue weighted by Crippen LogP contribution is -2.06. The van der Waals surface area contributed by atoms with Crippen LogP contribution in [0.5, 0.6) is 0 Å². The van der Waals surface area contributed by atoms with Gasteiger partial charge >= 0.3 is 0 Å². The Morgan fingerprint density at radius 2 is 2.23 bits per heavy atom. The lowest BCUT2D eigenvalue weighted by Gasteiger charge is -1.96. The van der Waals surface area contributed by atoms with Gasteiger partial charge in [0.25, 0.3) is 0 Å². The van der Waals surface area contributed by atoms with Gasteiger partial charge in [-0.25, -0.2) is 4.98 Å². The summed E-state index contributed by atoms with van der Waals surface area (Å²) in [6, 6.07) is 6.04. The summed E-state index contributed by atoms with van der Waals surface area (Å²) < 4.78 is 0. The van der Waals surface area contributed by atoms with E-state index in [0.29, 0.717) is 0 Å². The Morgan fingerprint density at radius 1 is 1.46 bits per heavy atom. The smallest absolute Gasteiger partial charge is 0.123 e. The van der Waals surface area contributed by atoms with Crippen LogP contribution in [0.4, 0.5) is 0 Å². The van der Waals surface area contributed by atoms with E-state index in [2.05, 4.69) is 9.97 Å². The number of aromatic amines is 1. The van der Waals surface area contributed by atoms with Crippen molar-refractivity contribution in [2.45, 2.75) is 19.9 Å². The fourth-order valence-electron chi connectivity index (χ4n) is 1.41. The van der Waals surface area contributed by atoms with Crippen LogP contribution < -0.4 is 5.73 Å². The van der Waals surface area contributed by atoms with Crippen LogP contribution in [0.25, 0.3) is 11.0 Å². The highest BCUT2D eigenvalue weighted by atomic mass is 15.0. The molecule has 1 aromatic carbocycles. The number of nitrogens with zero attached hydrogens (tertiary/aromatic N) is 1. The van der Waals surface area contributed by atoms with Crippen LogP contribution in [0.2, 0.25) is 0 Å². The van der Waals surface area contributed by atoms with Crippen molar-refractivity contribution in [2.24, 2.45) is 5.73 Å². The van der Waals surface area contributed by atoms with Crippen LogP contribution in [-0.2, 0) is 0 Å². The van der Waals surface area contributed by atoms with Gasteiger partial charge in [-0.1, -0.05) is 12.1 Å². The number of hydrogen-bond acceptors (Lipinski definition) is 2. The Kier molecular flexibility index (Phi) is 1.81. The van der Waals surface area contributed by atoms with E-state index in [0.717, 1.165) is 16.9 Å². The zero-order chi connectivity index (χ0) is 9.42. The summed E-state index contributed by atoms with van der Waals surface area (Å²) in [6.07, 6.45) is 0. The molecule has 3 N–H and O–H groups in total. The molecule has 0 spiro atoms. The minimum atomic E-state index is -0.0354. The van der Waals surface area contributed by atoms with Crippen LogP contribution in [0.3, 0.4) is 0 Å². The number of aromatic nitrogens is 2. The maximum absolute atomic E-state index is 5.73. The molecule has 1 atom stereocenters. The van der Waals surface area contributed by atoms with Crippen molar-refractivity contribution in [2.75, 3.05) is 0 Å². The van der Waals surface area contributed by atoms with Gasteiger partial charge in [-0.3, -0.25) is 0 Å². The molecule has 0 aliphatic carbocycles. The Hall–Kier alpha value is -1.35. The molecule has 2 aromatic rings. The molecular weight excluding hydrogens is 162 g/mol. The van der Waals surface area contributed by atoms with Crippen LogP contribution in [0, 0.1) is 6.92 Å². The number of hydrogen-bond donors (Lipinski definition) is 2. The molecular formula is C10H13N3. The van der Waals surface area contributed by atoms with E-state index in [4.69, 9.17) is 5.73 Å². The molecule has 0 amide bonds. The van der Waals surface area contributed by atoms with Gasteiger partial charge in [0.1, 0.15) is 5.82 Å². The highest BCUT2D eigenvalue weighted by Gasteiger charge is 2.06. The van der Waals surface area contributed by atoms with E-state index >= 15 is 0 Å². The fraction of sp³-hybridized carbons (Fsp3) is 0.300. The summed E-state index contributed by atoms with van der Waals surface area (Å²) in [5.41, 5.74) is 9.00. The highest BCUT2D eigenvalue weighted by Crippen LogP contribution is 2.17. The monoisotopic (exact) mass is 175 g/mol. The van der Waals surface area contributed by atoms with Gasteiger partial charge in [0, 0.05) is 0 Å². The number of imidazole rings is 1. The van der Waals surface area contributed by atoms with Crippen molar-refractivity contribution < 1.29 is 0 Å². The number of fused-ring (bicyclic) bond motifs is 1. The summed E-state index contributed by atoms with van der Waals surface area (Å²) in [5, 5.41) is 0. The molecule has 1 heterocycles. The Balaban J connectivity index is 2.68. The van der Waals surface area contributed by atoms with Crippen molar-refractivity contribution in [3.63, 3.8) is 0 Å². The molecule has 3 heteroatoms. The van der Waals surface area contributed by atoms with E-state index in [9.17, 15) is 0 Å². The van der Waals surface area contributed by atoms with Crippen LogP contribution in [0.15, 0.2) is 18.2 Å². The average Bonchev–Trinajstić information content (AvgIpc) is 2.49. The molecule has 68 valence electrons. The Bertz CT molecular complexity index is 429. The van der Waals surface area contributed by atoms with E-state index in [1.54, 1.807) is 0 Å². The first-order chi connectivity index (χ1) is 6.18. The third kappa shape index (κ3) is 1.31. The molecule has 0 unspecified atom stereocenters. The van der Waals surface area contributed by atoms with E-state index in [-0.39, 0.29) is 6.04 Å². The number of rotatable bonds is 1. The van der Waals surface area contributed by atoms with Gasteiger partial charge in [-0.15, -0.1) is 0 Å². The second kappa shape index (κ2) is 2.85. The summed E-state index contributed by atoms with van der Waals surface area (Å²) in [6.45, 7) is 3.97. The van der Waals surface area contributed by atoms with Gasteiger partial charge in [-0.2, -0.15) is 0 Å². The van der Waals surface area contributed by atoms with Crippen LogP contribution in [-0.4, -0.2) is 9.97 Å². The molecule has 2 rings (SSSR count). The fourth-order valence-corrected chi connectivity index (χ4v) is 1.41. The maximum atomic E-state index is 5.73. The minimum absolute atomic E-state index is 0.0354. The molecule has 13 heavy (non-hydrogen) atoms. The third-order valence-corrected chi connectivity index (χ3v) is 2.16. The van der Waals surface area contributed by atoms with Crippen LogP contribution >= 0.6 is 0 Å². The molecule has 0 aliphatic heterocycles. The zero-order valence-electron chi connectivity index (χ0n) is 7.83. The van der Waals surface area contributed by atoms with Gasteiger partial charge in [-0.05, 0) is 25.5 Å². The first-order valence-electron chi connectivity index (χ1n) is 4.39. The predicted molar refractivity (Wildman–Crippen MR) is 53.4 cm³/mol. The highest BCUT2D eigenvalue weighted by molar-refractivity contribution is 5.78. The molecule has 0 bridgehead atoms. The minimum Gasteiger partial charge on any atom is -0.341 e. The summed E-state index contributed by atoms with van der Waals surface area (Å²) in [4.78, 5) is 7.63. The number of para-hydroxylation sites is 1. The molecule has 1 aromatic heterocycles. The van der Waals surface area contributed by atoms with E-state index in [1.807, 2.05) is 32.0 Å². The topological polar surface area (TPSA) is 54.7 Å². The normalized spacial score (nSPS) is 13.5. The van der Waals surface area contributed by atoms with E-state index in [1.165, 1.54) is 5.56 Å². The second-order valence-electron chi connectivity index (χ2n) is 3.38. The molecule has 3 nitrogen and oxygen atoms in total. The SMILES string of the molecule is Cc1cccc2[nH]c([C@@H](C)N)nc12. The van der Waals surface area contributed by atoms with Crippen molar-refractivity contribution in [3.8, 4) is 0 Å². The van der Waals surface area contributed by atoms with Crippen molar-refractivity contribution in [1.82, 2.24) is 9.97 Å². The van der Waals surface area contributed by atoms with Crippen molar-refractivity contribution in [3.05, 3.63) is 29.6 Å².